The summed E-state index contributed by atoms with van der Waals surface area (Å²) in [5.74, 6) is -1.16. The molecule has 0 aromatic heterocycles. The molecule has 8 heteroatoms. The van der Waals surface area contributed by atoms with Crippen molar-refractivity contribution in [2.45, 2.75) is 12.6 Å². The molecular formula is C17H12F4N2O2. The number of nitriles is 1. The molecule has 0 aliphatic heterocycles. The van der Waals surface area contributed by atoms with Crippen LogP contribution in [-0.4, -0.2) is 18.7 Å². The molecule has 0 unspecified atom stereocenters. The molecule has 0 atom stereocenters. The van der Waals surface area contributed by atoms with Gasteiger partial charge in [-0.3, -0.25) is 4.79 Å². The molecule has 0 bridgehead atoms. The van der Waals surface area contributed by atoms with Crippen LogP contribution in [0.25, 0.3) is 0 Å². The number of ether oxygens (including phenoxy) is 1. The summed E-state index contributed by atoms with van der Waals surface area (Å²) < 4.78 is 54.2. The third-order valence-electron chi connectivity index (χ3n) is 3.03. The maximum atomic E-state index is 13.1. The molecule has 0 fully saturated rings. The molecule has 0 heterocycles. The van der Waals surface area contributed by atoms with Gasteiger partial charge in [0, 0.05) is 5.69 Å². The highest BCUT2D eigenvalue weighted by Gasteiger charge is 2.28. The summed E-state index contributed by atoms with van der Waals surface area (Å²) in [5.41, 5.74) is 0.535. The predicted octanol–water partition coefficient (Wildman–Crippen LogP) is 3.82. The van der Waals surface area contributed by atoms with Gasteiger partial charge in [0.15, 0.2) is 6.61 Å². The normalized spacial score (nSPS) is 10.8. The number of halogens is 4. The average Bonchev–Trinajstić information content (AvgIpc) is 2.52. The molecule has 0 radical (unpaired) electrons. The van der Waals surface area contributed by atoms with Gasteiger partial charge in [0.2, 0.25) is 5.91 Å². The van der Waals surface area contributed by atoms with Gasteiger partial charge in [-0.2, -0.15) is 18.4 Å². The number of nitrogens with one attached hydrogen (secondary N) is 1. The molecule has 0 spiro atoms. The van der Waals surface area contributed by atoms with E-state index in [1.807, 2.05) is 0 Å². The van der Waals surface area contributed by atoms with Crippen molar-refractivity contribution in [3.8, 4) is 11.8 Å². The van der Waals surface area contributed by atoms with Gasteiger partial charge < -0.3 is 10.1 Å². The first-order valence-electron chi connectivity index (χ1n) is 7.05. The van der Waals surface area contributed by atoms with Gasteiger partial charge in [-0.25, -0.2) is 4.39 Å². The Kier molecular flexibility index (Phi) is 5.60. The van der Waals surface area contributed by atoms with E-state index in [0.29, 0.717) is 5.56 Å². The molecule has 130 valence electrons. The lowest BCUT2D eigenvalue weighted by molar-refractivity contribution is -0.153. The van der Waals surface area contributed by atoms with Crippen molar-refractivity contribution in [1.82, 2.24) is 0 Å². The number of carbonyl (C=O) groups is 1. The molecular weight excluding hydrogens is 340 g/mol. The van der Waals surface area contributed by atoms with Gasteiger partial charge in [-0.15, -0.1) is 0 Å². The van der Waals surface area contributed by atoms with Crippen LogP contribution >= 0.6 is 0 Å². The van der Waals surface area contributed by atoms with Crippen LogP contribution in [0.15, 0.2) is 42.5 Å². The smallest absolute Gasteiger partial charge is 0.422 e. The lowest BCUT2D eigenvalue weighted by atomic mass is 10.1. The molecule has 0 saturated carbocycles. The Hall–Kier alpha value is -3.08. The van der Waals surface area contributed by atoms with Crippen molar-refractivity contribution in [2.24, 2.45) is 0 Å². The highest BCUT2D eigenvalue weighted by molar-refractivity contribution is 5.92. The van der Waals surface area contributed by atoms with E-state index in [9.17, 15) is 22.4 Å². The number of hydrogen-bond donors (Lipinski definition) is 1. The number of hydrogen-bond acceptors (Lipinski definition) is 3. The topological polar surface area (TPSA) is 62.1 Å². The van der Waals surface area contributed by atoms with Crippen molar-refractivity contribution in [3.05, 3.63) is 59.4 Å². The summed E-state index contributed by atoms with van der Waals surface area (Å²) in [5, 5.41) is 11.5. The molecule has 2 aromatic rings. The molecule has 0 aliphatic rings. The van der Waals surface area contributed by atoms with Crippen LogP contribution < -0.4 is 10.1 Å². The first-order valence-corrected chi connectivity index (χ1v) is 7.05. The van der Waals surface area contributed by atoms with Crippen molar-refractivity contribution in [2.75, 3.05) is 11.9 Å². The quantitative estimate of drug-likeness (QED) is 0.832. The van der Waals surface area contributed by atoms with Crippen molar-refractivity contribution >= 4 is 11.6 Å². The zero-order valence-electron chi connectivity index (χ0n) is 12.7. The fourth-order valence-electron chi connectivity index (χ4n) is 2.02. The summed E-state index contributed by atoms with van der Waals surface area (Å²) in [6.45, 7) is -1.52. The largest absolute Gasteiger partial charge is 0.483 e. The fraction of sp³-hybridized carbons (Fsp3) is 0.176. The van der Waals surface area contributed by atoms with E-state index < -0.39 is 24.5 Å². The van der Waals surface area contributed by atoms with E-state index in [4.69, 9.17) is 5.26 Å². The lowest BCUT2D eigenvalue weighted by Gasteiger charge is -2.12. The number of alkyl halides is 3. The summed E-state index contributed by atoms with van der Waals surface area (Å²) in [6, 6.07) is 10.9. The highest BCUT2D eigenvalue weighted by Crippen LogP contribution is 2.25. The van der Waals surface area contributed by atoms with Crippen LogP contribution in [0.4, 0.5) is 23.2 Å². The molecule has 4 nitrogen and oxygen atoms in total. The van der Waals surface area contributed by atoms with Gasteiger partial charge in [0.05, 0.1) is 12.0 Å². The van der Waals surface area contributed by atoms with Gasteiger partial charge in [0.1, 0.15) is 17.6 Å². The number of carbonyl (C=O) groups excluding carboxylic acids is 1. The fourth-order valence-corrected chi connectivity index (χ4v) is 2.02. The number of nitrogens with zero attached hydrogens (tertiary/aromatic N) is 1. The van der Waals surface area contributed by atoms with Gasteiger partial charge in [-0.05, 0) is 35.9 Å². The monoisotopic (exact) mass is 352 g/mol. The van der Waals surface area contributed by atoms with Crippen LogP contribution in [0.2, 0.25) is 0 Å². The average molecular weight is 352 g/mol. The second-order valence-corrected chi connectivity index (χ2v) is 5.08. The maximum absolute atomic E-state index is 13.1. The standard InChI is InChI=1S/C17H12F4N2O2/c18-13-3-1-2-11(6-13)7-16(24)23-14-4-5-15(12(8-14)9-22)25-10-17(19,20)21/h1-6,8H,7,10H2,(H,23,24). The zero-order valence-corrected chi connectivity index (χ0v) is 12.7. The second-order valence-electron chi connectivity index (χ2n) is 5.08. The number of rotatable bonds is 5. The molecule has 1 amide bonds. The van der Waals surface area contributed by atoms with Gasteiger partial charge >= 0.3 is 6.18 Å². The molecule has 1 N–H and O–H groups in total. The van der Waals surface area contributed by atoms with E-state index in [2.05, 4.69) is 10.1 Å². The Bertz CT molecular complexity index is 813. The minimum atomic E-state index is -4.52. The molecule has 25 heavy (non-hydrogen) atoms. The number of amides is 1. The Labute approximate surface area is 140 Å². The number of anilines is 1. The van der Waals surface area contributed by atoms with Crippen LogP contribution in [0.3, 0.4) is 0 Å². The first-order chi connectivity index (χ1) is 11.8. The lowest BCUT2D eigenvalue weighted by Crippen LogP contribution is -2.19. The van der Waals surface area contributed by atoms with E-state index in [-0.39, 0.29) is 23.4 Å². The Morgan fingerprint density at radius 3 is 2.60 bits per heavy atom. The summed E-state index contributed by atoms with van der Waals surface area (Å²) in [6.07, 6.45) is -4.61. The summed E-state index contributed by atoms with van der Waals surface area (Å²) in [7, 11) is 0. The SMILES string of the molecule is N#Cc1cc(NC(=O)Cc2cccc(F)c2)ccc1OCC(F)(F)F. The Morgan fingerprint density at radius 1 is 1.20 bits per heavy atom. The highest BCUT2D eigenvalue weighted by atomic mass is 19.4. The zero-order chi connectivity index (χ0) is 18.4. The minimum Gasteiger partial charge on any atom is -0.483 e. The molecule has 2 aromatic carbocycles. The Balaban J connectivity index is 2.05. The van der Waals surface area contributed by atoms with E-state index in [0.717, 1.165) is 0 Å². The van der Waals surface area contributed by atoms with Crippen molar-refractivity contribution < 1.29 is 27.1 Å². The summed E-state index contributed by atoms with van der Waals surface area (Å²) >= 11 is 0. The molecule has 0 aliphatic carbocycles. The second kappa shape index (κ2) is 7.66. The van der Waals surface area contributed by atoms with Gasteiger partial charge in [0.25, 0.3) is 0 Å². The predicted molar refractivity (Wildman–Crippen MR) is 81.4 cm³/mol. The molecule has 2 rings (SSSR count). The maximum Gasteiger partial charge on any atom is 0.422 e. The third-order valence-corrected chi connectivity index (χ3v) is 3.03. The third kappa shape index (κ3) is 5.80. The van der Waals surface area contributed by atoms with Gasteiger partial charge in [-0.1, -0.05) is 12.1 Å². The van der Waals surface area contributed by atoms with Crippen LogP contribution in [0, 0.1) is 17.1 Å². The van der Waals surface area contributed by atoms with Crippen LogP contribution in [0.1, 0.15) is 11.1 Å². The van der Waals surface area contributed by atoms with E-state index in [1.165, 1.54) is 36.4 Å². The van der Waals surface area contributed by atoms with Crippen LogP contribution in [0.5, 0.6) is 5.75 Å². The summed E-state index contributed by atoms with van der Waals surface area (Å²) in [4.78, 5) is 11.9. The van der Waals surface area contributed by atoms with Crippen molar-refractivity contribution in [1.29, 1.82) is 5.26 Å². The van der Waals surface area contributed by atoms with Crippen LogP contribution in [-0.2, 0) is 11.2 Å². The first kappa shape index (κ1) is 18.3. The van der Waals surface area contributed by atoms with Crippen molar-refractivity contribution in [3.63, 3.8) is 0 Å². The minimum absolute atomic E-state index is 0.0913. The van der Waals surface area contributed by atoms with E-state index >= 15 is 0 Å². The van der Waals surface area contributed by atoms with E-state index in [1.54, 1.807) is 12.1 Å². The Morgan fingerprint density at radius 2 is 1.96 bits per heavy atom. The number of benzene rings is 2. The molecule has 0 saturated heterocycles.